The van der Waals surface area contributed by atoms with E-state index in [-0.39, 0.29) is 12.2 Å². The van der Waals surface area contributed by atoms with Crippen molar-refractivity contribution in [3.05, 3.63) is 70.4 Å². The summed E-state index contributed by atoms with van der Waals surface area (Å²) in [5.41, 5.74) is 4.53. The molecule has 0 spiro atoms. The molecule has 6 heteroatoms. The molecule has 21 heavy (non-hydrogen) atoms. The molecule has 0 bridgehead atoms. The molecule has 1 N–H and O–H groups in total. The first-order chi connectivity index (χ1) is 10.2. The van der Waals surface area contributed by atoms with Gasteiger partial charge in [0.2, 0.25) is 0 Å². The largest absolute Gasteiger partial charge is 0.289 e. The van der Waals surface area contributed by atoms with Crippen LogP contribution in [0.15, 0.2) is 58.8 Å². The molecule has 0 atom stereocenters. The Balaban J connectivity index is 2.16. The van der Waals surface area contributed by atoms with E-state index in [0.29, 0.717) is 5.71 Å². The fourth-order valence-corrected chi connectivity index (χ4v) is 1.73. The molecule has 6 nitrogen and oxygen atoms in total. The summed E-state index contributed by atoms with van der Waals surface area (Å²) >= 11 is 0. The molecular weight excluding hydrogens is 268 g/mol. The summed E-state index contributed by atoms with van der Waals surface area (Å²) in [7, 11) is 0. The number of rotatable bonds is 5. The maximum Gasteiger partial charge on any atom is 0.289 e. The third kappa shape index (κ3) is 4.04. The molecule has 0 saturated carbocycles. The van der Waals surface area contributed by atoms with Crippen molar-refractivity contribution in [3.8, 4) is 0 Å². The molecular formula is C15H14N4O2. The van der Waals surface area contributed by atoms with E-state index in [0.717, 1.165) is 11.3 Å². The van der Waals surface area contributed by atoms with Gasteiger partial charge in [-0.05, 0) is 24.6 Å². The van der Waals surface area contributed by atoms with Crippen LogP contribution in [-0.4, -0.2) is 23.1 Å². The number of benzene rings is 1. The van der Waals surface area contributed by atoms with Crippen LogP contribution in [0.1, 0.15) is 21.7 Å². The maximum absolute atomic E-state index is 11.9. The van der Waals surface area contributed by atoms with Gasteiger partial charge in [0.15, 0.2) is 0 Å². The van der Waals surface area contributed by atoms with Crippen LogP contribution < -0.4 is 5.43 Å². The molecule has 1 aromatic carbocycles. The molecule has 0 unspecified atom stereocenters. The zero-order valence-electron chi connectivity index (χ0n) is 11.5. The number of hydrogen-bond acceptors (Lipinski definition) is 5. The molecule has 1 amide bonds. The first kappa shape index (κ1) is 14.5. The topological polar surface area (TPSA) is 83.8 Å². The molecule has 0 saturated heterocycles. The number of carbonyl (C=O) groups is 1. The molecule has 0 aliphatic heterocycles. The third-order valence-electron chi connectivity index (χ3n) is 2.73. The summed E-state index contributed by atoms with van der Waals surface area (Å²) in [6, 6.07) is 14.2. The van der Waals surface area contributed by atoms with Gasteiger partial charge >= 0.3 is 0 Å². The minimum atomic E-state index is -0.432. The van der Waals surface area contributed by atoms with Gasteiger partial charge in [-0.3, -0.25) is 4.79 Å². The van der Waals surface area contributed by atoms with Gasteiger partial charge in [0.1, 0.15) is 12.2 Å². The lowest BCUT2D eigenvalue weighted by Crippen LogP contribution is -2.22. The SMILES string of the molecule is Cc1cccc(C(=O)NN=C(CN=O)c2ccccc2)n1. The van der Waals surface area contributed by atoms with E-state index in [9.17, 15) is 9.70 Å². The van der Waals surface area contributed by atoms with Crippen LogP contribution in [0, 0.1) is 11.8 Å². The lowest BCUT2D eigenvalue weighted by atomic mass is 10.1. The highest BCUT2D eigenvalue weighted by Gasteiger charge is 2.08. The first-order valence-corrected chi connectivity index (χ1v) is 6.36. The van der Waals surface area contributed by atoms with E-state index in [1.54, 1.807) is 37.3 Å². The summed E-state index contributed by atoms with van der Waals surface area (Å²) in [5.74, 6) is -0.432. The van der Waals surface area contributed by atoms with Crippen molar-refractivity contribution in [1.29, 1.82) is 0 Å². The van der Waals surface area contributed by atoms with E-state index < -0.39 is 5.91 Å². The van der Waals surface area contributed by atoms with E-state index in [1.807, 2.05) is 18.2 Å². The number of hydrogen-bond donors (Lipinski definition) is 1. The minimum absolute atomic E-state index is 0.120. The Kier molecular flexibility index (Phi) is 4.87. The molecule has 0 radical (unpaired) electrons. The maximum atomic E-state index is 11.9. The predicted molar refractivity (Wildman–Crippen MR) is 80.1 cm³/mol. The smallest absolute Gasteiger partial charge is 0.266 e. The summed E-state index contributed by atoms with van der Waals surface area (Å²) in [6.07, 6.45) is 0. The quantitative estimate of drug-likeness (QED) is 0.519. The molecule has 1 aromatic heterocycles. The Hall–Kier alpha value is -2.89. The standard InChI is InChI=1S/C15H14N4O2/c1-11-6-5-9-13(17-11)15(20)19-18-14(10-16-21)12-7-3-2-4-8-12/h2-9H,10H2,1H3,(H,19,20). The number of aryl methyl sites for hydroxylation is 1. The minimum Gasteiger partial charge on any atom is -0.266 e. The number of aromatic nitrogens is 1. The number of carbonyl (C=O) groups excluding carboxylic acids is 1. The lowest BCUT2D eigenvalue weighted by Gasteiger charge is -2.04. The van der Waals surface area contributed by atoms with Gasteiger partial charge in [-0.1, -0.05) is 41.6 Å². The second-order valence-electron chi connectivity index (χ2n) is 4.32. The fraction of sp³-hybridized carbons (Fsp3) is 0.133. The van der Waals surface area contributed by atoms with Crippen molar-refractivity contribution in [1.82, 2.24) is 10.4 Å². The number of hydrazone groups is 1. The summed E-state index contributed by atoms with van der Waals surface area (Å²) in [5, 5.41) is 6.80. The summed E-state index contributed by atoms with van der Waals surface area (Å²) in [4.78, 5) is 26.5. The van der Waals surface area contributed by atoms with Crippen molar-refractivity contribution in [3.63, 3.8) is 0 Å². The molecule has 2 aromatic rings. The van der Waals surface area contributed by atoms with Crippen LogP contribution in [0.4, 0.5) is 0 Å². The third-order valence-corrected chi connectivity index (χ3v) is 2.73. The van der Waals surface area contributed by atoms with Gasteiger partial charge in [-0.2, -0.15) is 10.0 Å². The van der Waals surface area contributed by atoms with Crippen molar-refractivity contribution in [2.75, 3.05) is 6.54 Å². The summed E-state index contributed by atoms with van der Waals surface area (Å²) in [6.45, 7) is 1.68. The van der Waals surface area contributed by atoms with E-state index >= 15 is 0 Å². The number of pyridine rings is 1. The van der Waals surface area contributed by atoms with Gasteiger partial charge in [-0.25, -0.2) is 10.4 Å². The van der Waals surface area contributed by atoms with Gasteiger partial charge in [0.25, 0.3) is 5.91 Å². The second-order valence-corrected chi connectivity index (χ2v) is 4.32. The highest BCUT2D eigenvalue weighted by atomic mass is 16.3. The van der Waals surface area contributed by atoms with E-state index in [1.165, 1.54) is 0 Å². The van der Waals surface area contributed by atoms with Gasteiger partial charge in [0, 0.05) is 5.69 Å². The zero-order chi connectivity index (χ0) is 15.1. The number of amides is 1. The van der Waals surface area contributed by atoms with E-state index in [4.69, 9.17) is 0 Å². The Labute approximate surface area is 121 Å². The number of nitrogens with one attached hydrogen (secondary N) is 1. The van der Waals surface area contributed by atoms with E-state index in [2.05, 4.69) is 20.7 Å². The molecule has 1 heterocycles. The number of nitroso groups, excluding NO2 is 1. The van der Waals surface area contributed by atoms with Crippen molar-refractivity contribution >= 4 is 11.6 Å². The highest BCUT2D eigenvalue weighted by Crippen LogP contribution is 2.02. The predicted octanol–water partition coefficient (Wildman–Crippen LogP) is 2.29. The summed E-state index contributed by atoms with van der Waals surface area (Å²) < 4.78 is 0. The average Bonchev–Trinajstić information content (AvgIpc) is 2.52. The van der Waals surface area contributed by atoms with Gasteiger partial charge in [0.05, 0.1) is 5.71 Å². The Morgan fingerprint density at radius 3 is 2.57 bits per heavy atom. The molecule has 2 rings (SSSR count). The van der Waals surface area contributed by atoms with Crippen LogP contribution in [0.5, 0.6) is 0 Å². The molecule has 0 fully saturated rings. The Bertz CT molecular complexity index is 668. The number of nitrogens with zero attached hydrogens (tertiary/aromatic N) is 3. The van der Waals surface area contributed by atoms with Crippen LogP contribution >= 0.6 is 0 Å². The fourth-order valence-electron chi connectivity index (χ4n) is 1.73. The Morgan fingerprint density at radius 1 is 1.14 bits per heavy atom. The lowest BCUT2D eigenvalue weighted by molar-refractivity contribution is 0.0949. The van der Waals surface area contributed by atoms with Crippen LogP contribution in [0.3, 0.4) is 0 Å². The Morgan fingerprint density at radius 2 is 1.90 bits per heavy atom. The van der Waals surface area contributed by atoms with Gasteiger partial charge in [-0.15, -0.1) is 0 Å². The monoisotopic (exact) mass is 282 g/mol. The first-order valence-electron chi connectivity index (χ1n) is 6.36. The van der Waals surface area contributed by atoms with Crippen LogP contribution in [0.2, 0.25) is 0 Å². The van der Waals surface area contributed by atoms with Crippen molar-refractivity contribution in [2.24, 2.45) is 10.3 Å². The zero-order valence-corrected chi connectivity index (χ0v) is 11.5. The second kappa shape index (κ2) is 7.04. The van der Waals surface area contributed by atoms with Crippen LogP contribution in [-0.2, 0) is 0 Å². The van der Waals surface area contributed by atoms with Gasteiger partial charge < -0.3 is 0 Å². The molecule has 106 valence electrons. The average molecular weight is 282 g/mol. The molecule has 0 aliphatic rings. The van der Waals surface area contributed by atoms with Crippen molar-refractivity contribution < 1.29 is 4.79 Å². The normalized spacial score (nSPS) is 11.0. The van der Waals surface area contributed by atoms with Crippen molar-refractivity contribution in [2.45, 2.75) is 6.92 Å². The molecule has 0 aliphatic carbocycles. The highest BCUT2D eigenvalue weighted by molar-refractivity contribution is 6.03. The van der Waals surface area contributed by atoms with Crippen LogP contribution in [0.25, 0.3) is 0 Å².